The number of alkyl halides is 1. The molecular weight excluding hydrogens is 388 g/mol. The second-order valence-corrected chi connectivity index (χ2v) is 6.16. The molecule has 1 saturated heterocycles. The molecule has 1 heterocycles. The summed E-state index contributed by atoms with van der Waals surface area (Å²) in [5.41, 5.74) is 1.16. The van der Waals surface area contributed by atoms with Crippen molar-refractivity contribution < 1.29 is 14.2 Å². The molecule has 3 nitrogen and oxygen atoms in total. The van der Waals surface area contributed by atoms with E-state index in [4.69, 9.17) is 14.2 Å². The van der Waals surface area contributed by atoms with Gasteiger partial charge in [-0.2, -0.15) is 0 Å². The maximum absolute atomic E-state index is 5.91. The standard InChI is InChI=1S/C15H20Br2O3/c1-2-18-14-9-11(10-16)8-13(17)15(14)20-7-5-12-4-3-6-19-12/h8-9,12H,2-7,10H2,1H3. The molecule has 0 saturated carbocycles. The Morgan fingerprint density at radius 1 is 1.35 bits per heavy atom. The van der Waals surface area contributed by atoms with Gasteiger partial charge in [0, 0.05) is 18.4 Å². The van der Waals surface area contributed by atoms with E-state index in [-0.39, 0.29) is 0 Å². The third-order valence-corrected chi connectivity index (χ3v) is 4.47. The van der Waals surface area contributed by atoms with Gasteiger partial charge in [0.15, 0.2) is 11.5 Å². The zero-order chi connectivity index (χ0) is 14.4. The molecular formula is C15H20Br2O3. The second-order valence-electron chi connectivity index (χ2n) is 4.74. The fourth-order valence-corrected chi connectivity index (χ4v) is 3.19. The van der Waals surface area contributed by atoms with Gasteiger partial charge in [-0.15, -0.1) is 0 Å². The molecule has 1 atom stereocenters. The molecule has 0 amide bonds. The molecule has 0 radical (unpaired) electrons. The maximum atomic E-state index is 5.91. The number of rotatable bonds is 7. The summed E-state index contributed by atoms with van der Waals surface area (Å²) >= 11 is 7.03. The second kappa shape index (κ2) is 8.25. The molecule has 1 aliphatic heterocycles. The maximum Gasteiger partial charge on any atom is 0.175 e. The quantitative estimate of drug-likeness (QED) is 0.613. The van der Waals surface area contributed by atoms with Crippen LogP contribution in [0.1, 0.15) is 31.7 Å². The third kappa shape index (κ3) is 4.37. The number of halogens is 2. The van der Waals surface area contributed by atoms with Crippen LogP contribution in [-0.4, -0.2) is 25.9 Å². The minimum atomic E-state index is 0.353. The van der Waals surface area contributed by atoms with E-state index in [1.165, 1.54) is 6.42 Å². The minimum Gasteiger partial charge on any atom is -0.490 e. The van der Waals surface area contributed by atoms with E-state index < -0.39 is 0 Å². The Labute approximate surface area is 137 Å². The van der Waals surface area contributed by atoms with Gasteiger partial charge in [-0.1, -0.05) is 15.9 Å². The summed E-state index contributed by atoms with van der Waals surface area (Å²) in [6, 6.07) is 4.07. The lowest BCUT2D eigenvalue weighted by Gasteiger charge is -2.16. The molecule has 1 aromatic carbocycles. The van der Waals surface area contributed by atoms with Gasteiger partial charge < -0.3 is 14.2 Å². The Morgan fingerprint density at radius 3 is 2.85 bits per heavy atom. The van der Waals surface area contributed by atoms with Crippen LogP contribution in [-0.2, 0) is 10.1 Å². The molecule has 20 heavy (non-hydrogen) atoms. The van der Waals surface area contributed by atoms with Gasteiger partial charge in [0.05, 0.1) is 23.8 Å². The highest BCUT2D eigenvalue weighted by molar-refractivity contribution is 9.10. The van der Waals surface area contributed by atoms with E-state index in [9.17, 15) is 0 Å². The van der Waals surface area contributed by atoms with Crippen molar-refractivity contribution in [2.45, 2.75) is 37.6 Å². The zero-order valence-corrected chi connectivity index (χ0v) is 14.8. The Kier molecular flexibility index (Phi) is 6.65. The number of benzene rings is 1. The van der Waals surface area contributed by atoms with Crippen LogP contribution in [0.3, 0.4) is 0 Å². The monoisotopic (exact) mass is 406 g/mol. The van der Waals surface area contributed by atoms with Crippen molar-refractivity contribution in [3.63, 3.8) is 0 Å². The van der Waals surface area contributed by atoms with Crippen molar-refractivity contribution in [1.29, 1.82) is 0 Å². The topological polar surface area (TPSA) is 27.7 Å². The molecule has 1 aromatic rings. The van der Waals surface area contributed by atoms with E-state index in [0.717, 1.165) is 46.3 Å². The van der Waals surface area contributed by atoms with Crippen LogP contribution in [0.15, 0.2) is 16.6 Å². The first-order valence-electron chi connectivity index (χ1n) is 7.00. The number of ether oxygens (including phenoxy) is 3. The van der Waals surface area contributed by atoms with Crippen LogP contribution in [0.25, 0.3) is 0 Å². The van der Waals surface area contributed by atoms with Gasteiger partial charge in [-0.25, -0.2) is 0 Å². The SMILES string of the molecule is CCOc1cc(CBr)cc(Br)c1OCCC1CCCO1. The van der Waals surface area contributed by atoms with Crippen molar-refractivity contribution in [1.82, 2.24) is 0 Å². The number of hydrogen-bond acceptors (Lipinski definition) is 3. The van der Waals surface area contributed by atoms with E-state index in [1.54, 1.807) is 0 Å². The highest BCUT2D eigenvalue weighted by Gasteiger charge is 2.17. The molecule has 0 N–H and O–H groups in total. The molecule has 5 heteroatoms. The highest BCUT2D eigenvalue weighted by Crippen LogP contribution is 2.37. The Morgan fingerprint density at radius 2 is 2.20 bits per heavy atom. The van der Waals surface area contributed by atoms with Crippen molar-refractivity contribution in [3.05, 3.63) is 22.2 Å². The van der Waals surface area contributed by atoms with Gasteiger partial charge in [-0.05, 0) is 53.4 Å². The zero-order valence-electron chi connectivity index (χ0n) is 11.7. The van der Waals surface area contributed by atoms with Crippen LogP contribution in [0.4, 0.5) is 0 Å². The predicted molar refractivity (Wildman–Crippen MR) is 87.0 cm³/mol. The van der Waals surface area contributed by atoms with Crippen LogP contribution in [0.5, 0.6) is 11.5 Å². The minimum absolute atomic E-state index is 0.353. The summed E-state index contributed by atoms with van der Waals surface area (Å²) in [5, 5.41) is 0.794. The smallest absolute Gasteiger partial charge is 0.175 e. The van der Waals surface area contributed by atoms with E-state index in [2.05, 4.69) is 37.9 Å². The lowest BCUT2D eigenvalue weighted by atomic mass is 10.2. The van der Waals surface area contributed by atoms with E-state index >= 15 is 0 Å². The Bertz CT molecular complexity index is 431. The van der Waals surface area contributed by atoms with E-state index in [1.807, 2.05) is 13.0 Å². The van der Waals surface area contributed by atoms with Crippen LogP contribution < -0.4 is 9.47 Å². The third-order valence-electron chi connectivity index (χ3n) is 3.23. The summed E-state index contributed by atoms with van der Waals surface area (Å²) in [5.74, 6) is 1.58. The van der Waals surface area contributed by atoms with Crippen molar-refractivity contribution in [2.24, 2.45) is 0 Å². The van der Waals surface area contributed by atoms with Gasteiger partial charge in [0.25, 0.3) is 0 Å². The van der Waals surface area contributed by atoms with Crippen LogP contribution >= 0.6 is 31.9 Å². The Hall–Kier alpha value is -0.260. The van der Waals surface area contributed by atoms with Gasteiger partial charge in [0.1, 0.15) is 0 Å². The molecule has 0 aromatic heterocycles. The first-order valence-corrected chi connectivity index (χ1v) is 8.91. The normalized spacial score (nSPS) is 18.2. The van der Waals surface area contributed by atoms with Crippen molar-refractivity contribution in [3.8, 4) is 11.5 Å². The summed E-state index contributed by atoms with van der Waals surface area (Å²) in [6.07, 6.45) is 3.59. The summed E-state index contributed by atoms with van der Waals surface area (Å²) < 4.78 is 18.1. The summed E-state index contributed by atoms with van der Waals surface area (Å²) in [6.45, 7) is 4.14. The van der Waals surface area contributed by atoms with Crippen LogP contribution in [0, 0.1) is 0 Å². The van der Waals surface area contributed by atoms with Crippen molar-refractivity contribution in [2.75, 3.05) is 19.8 Å². The van der Waals surface area contributed by atoms with Gasteiger partial charge in [-0.3, -0.25) is 0 Å². The average Bonchev–Trinajstić information content (AvgIpc) is 2.95. The van der Waals surface area contributed by atoms with Gasteiger partial charge >= 0.3 is 0 Å². The first-order chi connectivity index (χ1) is 9.74. The molecule has 112 valence electrons. The van der Waals surface area contributed by atoms with Crippen molar-refractivity contribution >= 4 is 31.9 Å². The lowest BCUT2D eigenvalue weighted by Crippen LogP contribution is -2.11. The number of hydrogen-bond donors (Lipinski definition) is 0. The van der Waals surface area contributed by atoms with Gasteiger partial charge in [0.2, 0.25) is 0 Å². The largest absolute Gasteiger partial charge is 0.490 e. The fraction of sp³-hybridized carbons (Fsp3) is 0.600. The first kappa shape index (κ1) is 16.1. The molecule has 1 fully saturated rings. The predicted octanol–water partition coefficient (Wildman–Crippen LogP) is 4.69. The summed E-state index contributed by atoms with van der Waals surface area (Å²) in [7, 11) is 0. The molecule has 1 aliphatic rings. The molecule has 0 spiro atoms. The average molecular weight is 408 g/mol. The Balaban J connectivity index is 2.00. The molecule has 2 rings (SSSR count). The highest BCUT2D eigenvalue weighted by atomic mass is 79.9. The molecule has 0 bridgehead atoms. The fourth-order valence-electron chi connectivity index (χ4n) is 2.27. The van der Waals surface area contributed by atoms with E-state index in [0.29, 0.717) is 19.3 Å². The lowest BCUT2D eigenvalue weighted by molar-refractivity contribution is 0.0896. The molecule has 0 aliphatic carbocycles. The molecule has 1 unspecified atom stereocenters. The van der Waals surface area contributed by atoms with Crippen LogP contribution in [0.2, 0.25) is 0 Å². The summed E-state index contributed by atoms with van der Waals surface area (Å²) in [4.78, 5) is 0.